The van der Waals surface area contributed by atoms with Crippen LogP contribution in [0, 0.1) is 0 Å². The molecule has 1 aromatic heterocycles. The van der Waals surface area contributed by atoms with Crippen molar-refractivity contribution in [2.45, 2.75) is 12.8 Å². The molecular weight excluding hydrogens is 439 g/mol. The third kappa shape index (κ3) is 6.19. The van der Waals surface area contributed by atoms with Crippen molar-refractivity contribution in [2.24, 2.45) is 0 Å². The number of halogens is 2. The van der Waals surface area contributed by atoms with E-state index in [1.54, 1.807) is 23.5 Å². The first-order chi connectivity index (χ1) is 13.3. The lowest BCUT2D eigenvalue weighted by Crippen LogP contribution is -2.41. The van der Waals surface area contributed by atoms with Gasteiger partial charge in [0, 0.05) is 40.0 Å². The number of benzene rings is 1. The smallest absolute Gasteiger partial charge is 0.225 e. The van der Waals surface area contributed by atoms with E-state index in [1.807, 2.05) is 18.2 Å². The Hall–Kier alpha value is -1.12. The first kappa shape index (κ1) is 21.6. The molecule has 1 aliphatic rings. The minimum Gasteiger partial charge on any atom is -0.356 e. The monoisotopic (exact) mass is 460 g/mol. The Morgan fingerprint density at radius 2 is 1.89 bits per heavy atom. The van der Waals surface area contributed by atoms with E-state index in [1.165, 1.54) is 0 Å². The summed E-state index contributed by atoms with van der Waals surface area (Å²) in [5, 5.41) is 4.12. The number of nitrogens with one attached hydrogen (secondary N) is 1. The van der Waals surface area contributed by atoms with Crippen molar-refractivity contribution in [3.63, 3.8) is 0 Å². The van der Waals surface area contributed by atoms with Crippen molar-refractivity contribution >= 4 is 50.3 Å². The number of carbonyl (C=O) groups is 1. The van der Waals surface area contributed by atoms with Gasteiger partial charge in [0.2, 0.25) is 5.91 Å². The molecule has 2 aromatic rings. The highest BCUT2D eigenvalue weighted by Gasteiger charge is 2.20. The van der Waals surface area contributed by atoms with Gasteiger partial charge in [0.1, 0.15) is 0 Å². The lowest BCUT2D eigenvalue weighted by Gasteiger charge is -2.26. The minimum absolute atomic E-state index is 0.0168. The number of rotatable bonds is 7. The number of amides is 1. The van der Waals surface area contributed by atoms with Crippen molar-refractivity contribution in [1.82, 2.24) is 10.2 Å². The van der Waals surface area contributed by atoms with Crippen molar-refractivity contribution in [3.8, 4) is 10.4 Å². The summed E-state index contributed by atoms with van der Waals surface area (Å²) in [4.78, 5) is 16.3. The standard InChI is InChI=1S/C19H22Cl2N2O3S2/c20-14-2-4-16(17(21)12-14)18-5-3-15(27-18)13-19(24)22-6-1-7-23-8-10-28(25,26)11-9-23/h2-5,12H,1,6-11,13H2,(H,22,24). The molecule has 2 heterocycles. The molecule has 0 aliphatic carbocycles. The van der Waals surface area contributed by atoms with Gasteiger partial charge in [0.05, 0.1) is 22.9 Å². The molecule has 1 aromatic carbocycles. The summed E-state index contributed by atoms with van der Waals surface area (Å²) < 4.78 is 22.8. The zero-order valence-electron chi connectivity index (χ0n) is 15.3. The maximum Gasteiger partial charge on any atom is 0.225 e. The number of thiophene rings is 1. The summed E-state index contributed by atoms with van der Waals surface area (Å²) in [6, 6.07) is 9.30. The van der Waals surface area contributed by atoms with E-state index < -0.39 is 9.84 Å². The summed E-state index contributed by atoms with van der Waals surface area (Å²) in [5.41, 5.74) is 0.909. The molecule has 0 unspecified atom stereocenters. The molecule has 1 N–H and O–H groups in total. The van der Waals surface area contributed by atoms with Gasteiger partial charge in [-0.15, -0.1) is 11.3 Å². The number of nitrogens with zero attached hydrogens (tertiary/aromatic N) is 1. The maximum absolute atomic E-state index is 12.2. The highest BCUT2D eigenvalue weighted by atomic mass is 35.5. The van der Waals surface area contributed by atoms with Crippen LogP contribution in [-0.2, 0) is 21.1 Å². The van der Waals surface area contributed by atoms with Crippen LogP contribution >= 0.6 is 34.5 Å². The predicted molar refractivity (Wildman–Crippen MR) is 116 cm³/mol. The zero-order valence-corrected chi connectivity index (χ0v) is 18.4. The van der Waals surface area contributed by atoms with Gasteiger partial charge in [-0.3, -0.25) is 4.79 Å². The van der Waals surface area contributed by atoms with Crippen LogP contribution in [0.15, 0.2) is 30.3 Å². The zero-order chi connectivity index (χ0) is 20.1. The summed E-state index contributed by atoms with van der Waals surface area (Å²) in [5.74, 6) is 0.451. The summed E-state index contributed by atoms with van der Waals surface area (Å²) >= 11 is 13.7. The second-order valence-electron chi connectivity index (χ2n) is 6.76. The van der Waals surface area contributed by atoms with Crippen molar-refractivity contribution in [3.05, 3.63) is 45.3 Å². The fourth-order valence-corrected chi connectivity index (χ4v) is 5.92. The molecule has 152 valence electrons. The molecule has 0 saturated carbocycles. The molecule has 5 nitrogen and oxygen atoms in total. The fourth-order valence-electron chi connectivity index (χ4n) is 3.03. The van der Waals surface area contributed by atoms with E-state index in [0.29, 0.717) is 36.1 Å². The fraction of sp³-hybridized carbons (Fsp3) is 0.421. The van der Waals surface area contributed by atoms with Gasteiger partial charge in [0.25, 0.3) is 0 Å². The summed E-state index contributed by atoms with van der Waals surface area (Å²) in [6.07, 6.45) is 1.14. The topological polar surface area (TPSA) is 66.5 Å². The number of sulfone groups is 1. The molecule has 0 atom stereocenters. The Labute approximate surface area is 179 Å². The van der Waals surface area contributed by atoms with Gasteiger partial charge in [-0.05, 0) is 37.2 Å². The van der Waals surface area contributed by atoms with Crippen LogP contribution in [0.5, 0.6) is 0 Å². The van der Waals surface area contributed by atoms with Crippen LogP contribution in [0.1, 0.15) is 11.3 Å². The molecule has 1 fully saturated rings. The van der Waals surface area contributed by atoms with Crippen LogP contribution in [0.25, 0.3) is 10.4 Å². The minimum atomic E-state index is -2.84. The van der Waals surface area contributed by atoms with Crippen molar-refractivity contribution < 1.29 is 13.2 Å². The predicted octanol–water partition coefficient (Wildman–Crippen LogP) is 3.50. The number of carbonyl (C=O) groups excluding carboxylic acids is 1. The molecule has 0 bridgehead atoms. The van der Waals surface area contributed by atoms with E-state index in [0.717, 1.165) is 28.3 Å². The van der Waals surface area contributed by atoms with E-state index in [2.05, 4.69) is 10.2 Å². The van der Waals surface area contributed by atoms with E-state index in [9.17, 15) is 13.2 Å². The highest BCUT2D eigenvalue weighted by molar-refractivity contribution is 7.91. The van der Waals surface area contributed by atoms with Crippen LogP contribution in [0.3, 0.4) is 0 Å². The molecule has 9 heteroatoms. The maximum atomic E-state index is 12.2. The summed E-state index contributed by atoms with van der Waals surface area (Å²) in [6.45, 7) is 2.56. The van der Waals surface area contributed by atoms with Crippen LogP contribution in [-0.4, -0.2) is 56.9 Å². The van der Waals surface area contributed by atoms with Gasteiger partial charge >= 0.3 is 0 Å². The lowest BCUT2D eigenvalue weighted by atomic mass is 10.2. The molecule has 0 spiro atoms. The second-order valence-corrected chi connectivity index (χ2v) is 11.1. The third-order valence-electron chi connectivity index (χ3n) is 4.60. The van der Waals surface area contributed by atoms with E-state index >= 15 is 0 Å². The first-order valence-electron chi connectivity index (χ1n) is 9.06. The number of hydrogen-bond donors (Lipinski definition) is 1. The lowest BCUT2D eigenvalue weighted by molar-refractivity contribution is -0.120. The second kappa shape index (κ2) is 9.59. The van der Waals surface area contributed by atoms with Crippen molar-refractivity contribution in [2.75, 3.05) is 37.7 Å². The van der Waals surface area contributed by atoms with E-state index in [4.69, 9.17) is 23.2 Å². The van der Waals surface area contributed by atoms with Gasteiger partial charge in [0.15, 0.2) is 9.84 Å². The van der Waals surface area contributed by atoms with Crippen LogP contribution in [0.4, 0.5) is 0 Å². The Bertz CT molecular complexity index is 930. The number of hydrogen-bond acceptors (Lipinski definition) is 5. The normalized spacial score (nSPS) is 16.8. The van der Waals surface area contributed by atoms with Crippen LogP contribution in [0.2, 0.25) is 10.0 Å². The molecule has 28 heavy (non-hydrogen) atoms. The van der Waals surface area contributed by atoms with Gasteiger partial charge in [-0.25, -0.2) is 8.42 Å². The quantitative estimate of drug-likeness (QED) is 0.641. The Balaban J connectivity index is 1.41. The summed E-state index contributed by atoms with van der Waals surface area (Å²) in [7, 11) is -2.84. The highest BCUT2D eigenvalue weighted by Crippen LogP contribution is 2.35. The third-order valence-corrected chi connectivity index (χ3v) is 7.88. The van der Waals surface area contributed by atoms with E-state index in [-0.39, 0.29) is 17.4 Å². The molecular formula is C19H22Cl2N2O3S2. The average molecular weight is 461 g/mol. The van der Waals surface area contributed by atoms with Crippen molar-refractivity contribution in [1.29, 1.82) is 0 Å². The molecule has 3 rings (SSSR count). The molecule has 1 aliphatic heterocycles. The molecule has 0 radical (unpaired) electrons. The largest absolute Gasteiger partial charge is 0.356 e. The Kier molecular flexibility index (Phi) is 7.39. The van der Waals surface area contributed by atoms with Gasteiger partial charge in [-0.2, -0.15) is 0 Å². The first-order valence-corrected chi connectivity index (χ1v) is 12.5. The SMILES string of the molecule is O=C(Cc1ccc(-c2ccc(Cl)cc2Cl)s1)NCCCN1CCS(=O)(=O)CC1. The Morgan fingerprint density at radius 3 is 2.61 bits per heavy atom. The van der Waals surface area contributed by atoms with Crippen LogP contribution < -0.4 is 5.32 Å². The van der Waals surface area contributed by atoms with Gasteiger partial charge in [-0.1, -0.05) is 29.3 Å². The molecule has 1 amide bonds. The average Bonchev–Trinajstić information content (AvgIpc) is 3.08. The van der Waals surface area contributed by atoms with Gasteiger partial charge < -0.3 is 10.2 Å². The molecule has 1 saturated heterocycles. The Morgan fingerprint density at radius 1 is 1.14 bits per heavy atom.